The van der Waals surface area contributed by atoms with Crippen LogP contribution in [0.1, 0.15) is 40.2 Å². The molecule has 1 aromatic carbocycles. The SMILES string of the molecule is C[C@@H]1[C@H](C)S(=O)(=O)CCN1S(=O)(=O)c1ccc(C(C)(C)C)cc1. The number of rotatable bonds is 2. The lowest BCUT2D eigenvalue weighted by Gasteiger charge is -2.36. The van der Waals surface area contributed by atoms with Crippen molar-refractivity contribution in [3.8, 4) is 0 Å². The van der Waals surface area contributed by atoms with E-state index in [4.69, 9.17) is 0 Å². The Bertz CT molecular complexity index is 774. The fourth-order valence-corrected chi connectivity index (χ4v) is 6.21. The van der Waals surface area contributed by atoms with E-state index in [-0.39, 0.29) is 22.6 Å². The Hall–Kier alpha value is -0.920. The third-order valence-corrected chi connectivity index (χ3v) is 8.90. The summed E-state index contributed by atoms with van der Waals surface area (Å²) in [6.45, 7) is 9.44. The number of hydrogen-bond acceptors (Lipinski definition) is 4. The molecule has 0 unspecified atom stereocenters. The predicted octanol–water partition coefficient (Wildman–Crippen LogP) is 2.18. The van der Waals surface area contributed by atoms with Crippen molar-refractivity contribution < 1.29 is 16.8 Å². The van der Waals surface area contributed by atoms with Crippen molar-refractivity contribution in [2.45, 2.75) is 56.2 Å². The molecule has 0 saturated carbocycles. The van der Waals surface area contributed by atoms with E-state index in [1.54, 1.807) is 26.0 Å². The summed E-state index contributed by atoms with van der Waals surface area (Å²) in [6, 6.07) is 6.29. The molecule has 0 aliphatic carbocycles. The highest BCUT2D eigenvalue weighted by molar-refractivity contribution is 7.92. The molecule has 1 saturated heterocycles. The van der Waals surface area contributed by atoms with Crippen LogP contribution in [-0.4, -0.2) is 44.7 Å². The fourth-order valence-electron chi connectivity index (χ4n) is 2.74. The van der Waals surface area contributed by atoms with Gasteiger partial charge < -0.3 is 0 Å². The van der Waals surface area contributed by atoms with E-state index in [1.165, 1.54) is 4.31 Å². The van der Waals surface area contributed by atoms with Crippen LogP contribution in [0, 0.1) is 0 Å². The summed E-state index contributed by atoms with van der Waals surface area (Å²) < 4.78 is 50.9. The molecule has 2 atom stereocenters. The van der Waals surface area contributed by atoms with Gasteiger partial charge in [-0.1, -0.05) is 32.9 Å². The summed E-state index contributed by atoms with van der Waals surface area (Å²) in [5, 5.41) is -0.695. The van der Waals surface area contributed by atoms with E-state index < -0.39 is 31.2 Å². The van der Waals surface area contributed by atoms with Crippen molar-refractivity contribution in [3.05, 3.63) is 29.8 Å². The van der Waals surface area contributed by atoms with E-state index in [0.717, 1.165) is 5.56 Å². The van der Waals surface area contributed by atoms with Gasteiger partial charge in [-0.15, -0.1) is 0 Å². The Morgan fingerprint density at radius 2 is 1.61 bits per heavy atom. The van der Waals surface area contributed by atoms with Gasteiger partial charge in [0.15, 0.2) is 9.84 Å². The van der Waals surface area contributed by atoms with Gasteiger partial charge in [0.2, 0.25) is 10.0 Å². The molecule has 23 heavy (non-hydrogen) atoms. The summed E-state index contributed by atoms with van der Waals surface area (Å²) in [7, 11) is -6.91. The maximum atomic E-state index is 12.8. The summed E-state index contributed by atoms with van der Waals surface area (Å²) in [5.74, 6) is -0.127. The molecule has 7 heteroatoms. The highest BCUT2D eigenvalue weighted by Gasteiger charge is 2.41. The first-order valence-corrected chi connectivity index (χ1v) is 10.9. The van der Waals surface area contributed by atoms with Gasteiger partial charge in [0.1, 0.15) is 0 Å². The first-order valence-electron chi connectivity index (χ1n) is 7.71. The third-order valence-electron chi connectivity index (χ3n) is 4.62. The summed E-state index contributed by atoms with van der Waals surface area (Å²) in [4.78, 5) is 0.212. The second kappa shape index (κ2) is 5.86. The second-order valence-electron chi connectivity index (χ2n) is 7.20. The molecule has 1 aliphatic heterocycles. The Kier molecular flexibility index (Phi) is 4.69. The maximum Gasteiger partial charge on any atom is 0.243 e. The van der Waals surface area contributed by atoms with E-state index in [0.29, 0.717) is 0 Å². The summed E-state index contributed by atoms with van der Waals surface area (Å²) in [5.41, 5.74) is 1.00. The number of sulfonamides is 1. The molecule has 1 aliphatic rings. The average Bonchev–Trinajstić information content (AvgIpc) is 2.44. The fraction of sp³-hybridized carbons (Fsp3) is 0.625. The Labute approximate surface area is 139 Å². The molecule has 1 fully saturated rings. The lowest BCUT2D eigenvalue weighted by molar-refractivity contribution is 0.327. The van der Waals surface area contributed by atoms with Crippen molar-refractivity contribution >= 4 is 19.9 Å². The van der Waals surface area contributed by atoms with Crippen molar-refractivity contribution in [1.82, 2.24) is 4.31 Å². The quantitative estimate of drug-likeness (QED) is 0.811. The molecule has 0 radical (unpaired) electrons. The number of nitrogens with zero attached hydrogens (tertiary/aromatic N) is 1. The third kappa shape index (κ3) is 3.46. The van der Waals surface area contributed by atoms with Crippen LogP contribution in [0.3, 0.4) is 0 Å². The van der Waals surface area contributed by atoms with Gasteiger partial charge >= 0.3 is 0 Å². The zero-order valence-corrected chi connectivity index (χ0v) is 15.9. The number of sulfone groups is 1. The highest BCUT2D eigenvalue weighted by Crippen LogP contribution is 2.28. The molecular weight excluding hydrogens is 334 g/mol. The summed E-state index contributed by atoms with van der Waals surface area (Å²) in [6.07, 6.45) is 0. The molecule has 2 rings (SSSR count). The molecule has 0 spiro atoms. The standard InChI is InChI=1S/C16H25NO4S2/c1-12-13(2)22(18,19)11-10-17(12)23(20,21)15-8-6-14(7-9-15)16(3,4)5/h6-9,12-13H,10-11H2,1-5H3/t12-,13+/m1/s1. The lowest BCUT2D eigenvalue weighted by atomic mass is 9.87. The van der Waals surface area contributed by atoms with Gasteiger partial charge in [0.25, 0.3) is 0 Å². The minimum absolute atomic E-state index is 0.0111. The van der Waals surface area contributed by atoms with Crippen LogP contribution in [-0.2, 0) is 25.3 Å². The molecule has 1 aromatic rings. The average molecular weight is 360 g/mol. The molecule has 0 aromatic heterocycles. The normalized spacial score (nSPS) is 26.1. The lowest BCUT2D eigenvalue weighted by Crippen LogP contribution is -2.54. The van der Waals surface area contributed by atoms with Gasteiger partial charge in [-0.2, -0.15) is 4.31 Å². The summed E-state index contributed by atoms with van der Waals surface area (Å²) >= 11 is 0. The smallest absolute Gasteiger partial charge is 0.228 e. The van der Waals surface area contributed by atoms with Gasteiger partial charge in [-0.3, -0.25) is 0 Å². The van der Waals surface area contributed by atoms with E-state index >= 15 is 0 Å². The minimum atomic E-state index is -3.69. The second-order valence-corrected chi connectivity index (χ2v) is 11.6. The monoisotopic (exact) mass is 359 g/mol. The van der Waals surface area contributed by atoms with Crippen molar-refractivity contribution in [2.75, 3.05) is 12.3 Å². The van der Waals surface area contributed by atoms with Crippen molar-refractivity contribution in [3.63, 3.8) is 0 Å². The van der Waals surface area contributed by atoms with Gasteiger partial charge in [0.05, 0.1) is 15.9 Å². The zero-order chi connectivity index (χ0) is 17.6. The van der Waals surface area contributed by atoms with Crippen LogP contribution in [0.2, 0.25) is 0 Å². The molecule has 0 N–H and O–H groups in total. The molecule has 0 bridgehead atoms. The van der Waals surface area contributed by atoms with Crippen LogP contribution in [0.25, 0.3) is 0 Å². The van der Waals surface area contributed by atoms with Gasteiger partial charge in [-0.05, 0) is 37.0 Å². The largest absolute Gasteiger partial charge is 0.243 e. The van der Waals surface area contributed by atoms with Gasteiger partial charge in [-0.25, -0.2) is 16.8 Å². The van der Waals surface area contributed by atoms with E-state index in [2.05, 4.69) is 20.8 Å². The van der Waals surface area contributed by atoms with Crippen LogP contribution in [0.4, 0.5) is 0 Å². The first kappa shape index (κ1) is 18.4. The Morgan fingerprint density at radius 1 is 1.09 bits per heavy atom. The minimum Gasteiger partial charge on any atom is -0.228 e. The van der Waals surface area contributed by atoms with E-state index in [9.17, 15) is 16.8 Å². The van der Waals surface area contributed by atoms with Gasteiger partial charge in [0, 0.05) is 12.6 Å². The van der Waals surface area contributed by atoms with Crippen molar-refractivity contribution in [2.24, 2.45) is 0 Å². The van der Waals surface area contributed by atoms with Crippen molar-refractivity contribution in [1.29, 1.82) is 0 Å². The predicted molar refractivity (Wildman–Crippen MR) is 91.7 cm³/mol. The first-order chi connectivity index (χ1) is 10.4. The number of benzene rings is 1. The zero-order valence-electron chi connectivity index (χ0n) is 14.3. The van der Waals surface area contributed by atoms with E-state index in [1.807, 2.05) is 12.1 Å². The van der Waals surface area contributed by atoms with Crippen LogP contribution < -0.4 is 0 Å². The van der Waals surface area contributed by atoms with Crippen LogP contribution >= 0.6 is 0 Å². The molecule has 5 nitrogen and oxygen atoms in total. The maximum absolute atomic E-state index is 12.8. The Morgan fingerprint density at radius 3 is 2.09 bits per heavy atom. The topological polar surface area (TPSA) is 71.5 Å². The molecule has 130 valence electrons. The molecule has 0 amide bonds. The van der Waals surface area contributed by atoms with Crippen LogP contribution in [0.15, 0.2) is 29.2 Å². The molecule has 1 heterocycles. The Balaban J connectivity index is 2.36. The van der Waals surface area contributed by atoms with Crippen LogP contribution in [0.5, 0.6) is 0 Å². The number of hydrogen-bond donors (Lipinski definition) is 0. The molecular formula is C16H25NO4S2. The highest BCUT2D eigenvalue weighted by atomic mass is 32.2.